The molecule has 0 aliphatic heterocycles. The predicted octanol–water partition coefficient (Wildman–Crippen LogP) is 4.32. The van der Waals surface area contributed by atoms with Crippen molar-refractivity contribution in [1.82, 2.24) is 4.98 Å². The van der Waals surface area contributed by atoms with Gasteiger partial charge in [-0.2, -0.15) is 18.3 Å². The molecule has 1 aromatic carbocycles. The SMILES string of the molecule is CCOC(=O)Cc1csc(NN=Cc2ccc(I)c(C(F)(F)F)c2)n1. The molecule has 0 radical (unpaired) electrons. The van der Waals surface area contributed by atoms with Gasteiger partial charge in [-0.05, 0) is 47.2 Å². The molecule has 1 heterocycles. The lowest BCUT2D eigenvalue weighted by atomic mass is 10.1. The number of ether oxygens (including phenoxy) is 1. The Bertz CT molecular complexity index is 778. The Balaban J connectivity index is 2.00. The number of rotatable bonds is 6. The number of nitrogens with zero attached hydrogens (tertiary/aromatic N) is 2. The van der Waals surface area contributed by atoms with E-state index in [1.54, 1.807) is 34.9 Å². The Kier molecular flexibility index (Phi) is 6.76. The molecule has 0 atom stereocenters. The van der Waals surface area contributed by atoms with Crippen molar-refractivity contribution in [1.29, 1.82) is 0 Å². The normalized spacial score (nSPS) is 11.7. The Hall–Kier alpha value is -1.69. The summed E-state index contributed by atoms with van der Waals surface area (Å²) in [5, 5.41) is 5.99. The molecule has 0 saturated carbocycles. The first kappa shape index (κ1) is 19.6. The smallest absolute Gasteiger partial charge is 0.417 e. The van der Waals surface area contributed by atoms with Crippen LogP contribution in [0.25, 0.3) is 0 Å². The molecule has 0 unspecified atom stereocenters. The zero-order valence-electron chi connectivity index (χ0n) is 12.9. The van der Waals surface area contributed by atoms with E-state index in [2.05, 4.69) is 15.5 Å². The number of halogens is 4. The molecule has 0 bridgehead atoms. The number of hydrogen-bond acceptors (Lipinski definition) is 6. The van der Waals surface area contributed by atoms with Crippen LogP contribution in [0.2, 0.25) is 0 Å². The van der Waals surface area contributed by atoms with Gasteiger partial charge in [0.25, 0.3) is 0 Å². The Morgan fingerprint density at radius 2 is 2.24 bits per heavy atom. The van der Waals surface area contributed by atoms with Crippen molar-refractivity contribution >= 4 is 51.2 Å². The van der Waals surface area contributed by atoms with Crippen molar-refractivity contribution in [2.45, 2.75) is 19.5 Å². The first-order valence-corrected chi connectivity index (χ1v) is 9.01. The molecule has 10 heteroatoms. The van der Waals surface area contributed by atoms with E-state index in [4.69, 9.17) is 4.74 Å². The van der Waals surface area contributed by atoms with Crippen LogP contribution >= 0.6 is 33.9 Å². The Morgan fingerprint density at radius 3 is 2.92 bits per heavy atom. The molecule has 0 aliphatic rings. The summed E-state index contributed by atoms with van der Waals surface area (Å²) in [5.74, 6) is -0.374. The number of hydrazone groups is 1. The van der Waals surface area contributed by atoms with Crippen LogP contribution in [0.15, 0.2) is 28.7 Å². The van der Waals surface area contributed by atoms with E-state index in [0.717, 1.165) is 6.07 Å². The van der Waals surface area contributed by atoms with Crippen molar-refractivity contribution in [2.75, 3.05) is 12.0 Å². The molecule has 0 saturated heterocycles. The van der Waals surface area contributed by atoms with Crippen LogP contribution in [0, 0.1) is 3.57 Å². The molecule has 2 rings (SSSR count). The van der Waals surface area contributed by atoms with E-state index in [0.29, 0.717) is 23.0 Å². The van der Waals surface area contributed by atoms with Gasteiger partial charge in [0, 0.05) is 8.95 Å². The standard InChI is InChI=1S/C15H13F3IN3O2S/c1-2-24-13(23)6-10-8-25-14(21-10)22-20-7-9-3-4-12(19)11(5-9)15(16,17)18/h3-5,7-8H,2,6H2,1H3,(H,21,22). The molecule has 1 aromatic heterocycles. The number of anilines is 1. The van der Waals surface area contributed by atoms with Gasteiger partial charge >= 0.3 is 12.1 Å². The number of carbonyl (C=O) groups excluding carboxylic acids is 1. The van der Waals surface area contributed by atoms with E-state index >= 15 is 0 Å². The van der Waals surface area contributed by atoms with Crippen LogP contribution in [0.3, 0.4) is 0 Å². The van der Waals surface area contributed by atoms with E-state index in [-0.39, 0.29) is 16.0 Å². The molecule has 134 valence electrons. The molecular formula is C15H13F3IN3O2S. The van der Waals surface area contributed by atoms with Crippen LogP contribution in [0.4, 0.5) is 18.3 Å². The predicted molar refractivity (Wildman–Crippen MR) is 97.8 cm³/mol. The van der Waals surface area contributed by atoms with Crippen LogP contribution in [0.5, 0.6) is 0 Å². The number of nitrogens with one attached hydrogen (secondary N) is 1. The lowest BCUT2D eigenvalue weighted by Gasteiger charge is -2.09. The number of carbonyl (C=O) groups is 1. The maximum Gasteiger partial charge on any atom is 0.417 e. The molecule has 0 aliphatic carbocycles. The zero-order chi connectivity index (χ0) is 18.4. The van der Waals surface area contributed by atoms with Gasteiger partial charge in [-0.25, -0.2) is 4.98 Å². The quantitative estimate of drug-likeness (QED) is 0.288. The average Bonchev–Trinajstić information content (AvgIpc) is 2.95. The van der Waals surface area contributed by atoms with E-state index in [1.165, 1.54) is 29.7 Å². The van der Waals surface area contributed by atoms with Gasteiger partial charge in [-0.1, -0.05) is 6.07 Å². The number of benzene rings is 1. The molecule has 1 N–H and O–H groups in total. The highest BCUT2D eigenvalue weighted by atomic mass is 127. The minimum Gasteiger partial charge on any atom is -0.466 e. The van der Waals surface area contributed by atoms with Gasteiger partial charge in [-0.3, -0.25) is 10.2 Å². The average molecular weight is 483 g/mol. The summed E-state index contributed by atoms with van der Waals surface area (Å²) >= 11 is 2.87. The maximum atomic E-state index is 12.9. The molecule has 0 spiro atoms. The summed E-state index contributed by atoms with van der Waals surface area (Å²) in [4.78, 5) is 15.5. The minimum absolute atomic E-state index is 0.0573. The molecule has 0 fully saturated rings. The summed E-state index contributed by atoms with van der Waals surface area (Å²) in [6.07, 6.45) is -3.08. The minimum atomic E-state index is -4.41. The molecule has 25 heavy (non-hydrogen) atoms. The van der Waals surface area contributed by atoms with Gasteiger partial charge in [0.05, 0.1) is 30.5 Å². The monoisotopic (exact) mass is 483 g/mol. The van der Waals surface area contributed by atoms with Crippen LogP contribution in [0.1, 0.15) is 23.7 Å². The number of thiazole rings is 1. The second-order valence-corrected chi connectivity index (χ2v) is 6.75. The Morgan fingerprint density at radius 1 is 1.48 bits per heavy atom. The largest absolute Gasteiger partial charge is 0.466 e. The third-order valence-electron chi connectivity index (χ3n) is 2.85. The summed E-state index contributed by atoms with van der Waals surface area (Å²) in [6.45, 7) is 2.02. The van der Waals surface area contributed by atoms with E-state index < -0.39 is 11.7 Å². The van der Waals surface area contributed by atoms with Crippen LogP contribution < -0.4 is 5.43 Å². The first-order chi connectivity index (χ1) is 11.8. The fourth-order valence-electron chi connectivity index (χ4n) is 1.80. The molecule has 5 nitrogen and oxygen atoms in total. The lowest BCUT2D eigenvalue weighted by molar-refractivity contribution is -0.142. The molecule has 2 aromatic rings. The van der Waals surface area contributed by atoms with Crippen molar-refractivity contribution < 1.29 is 22.7 Å². The lowest BCUT2D eigenvalue weighted by Crippen LogP contribution is -2.08. The number of alkyl halides is 3. The maximum absolute atomic E-state index is 12.9. The highest BCUT2D eigenvalue weighted by Crippen LogP contribution is 2.33. The van der Waals surface area contributed by atoms with Gasteiger partial charge in [0.15, 0.2) is 0 Å². The van der Waals surface area contributed by atoms with Gasteiger partial charge < -0.3 is 4.74 Å². The van der Waals surface area contributed by atoms with Crippen molar-refractivity contribution in [3.63, 3.8) is 0 Å². The van der Waals surface area contributed by atoms with E-state index in [1.807, 2.05) is 0 Å². The zero-order valence-corrected chi connectivity index (χ0v) is 15.9. The van der Waals surface area contributed by atoms with Gasteiger partial charge in [-0.15, -0.1) is 11.3 Å². The van der Waals surface area contributed by atoms with E-state index in [9.17, 15) is 18.0 Å². The highest BCUT2D eigenvalue weighted by molar-refractivity contribution is 14.1. The molecule has 0 amide bonds. The molecular weight excluding hydrogens is 470 g/mol. The van der Waals surface area contributed by atoms with Crippen molar-refractivity contribution in [3.8, 4) is 0 Å². The Labute approximate surface area is 159 Å². The van der Waals surface area contributed by atoms with Crippen molar-refractivity contribution in [2.24, 2.45) is 5.10 Å². The fourth-order valence-corrected chi connectivity index (χ4v) is 3.10. The summed E-state index contributed by atoms with van der Waals surface area (Å²) < 4.78 is 43.5. The summed E-state index contributed by atoms with van der Waals surface area (Å²) in [7, 11) is 0. The topological polar surface area (TPSA) is 63.6 Å². The highest BCUT2D eigenvalue weighted by Gasteiger charge is 2.32. The third kappa shape index (κ3) is 5.96. The second kappa shape index (κ2) is 8.61. The summed E-state index contributed by atoms with van der Waals surface area (Å²) in [6, 6.07) is 3.95. The second-order valence-electron chi connectivity index (χ2n) is 4.73. The van der Waals surface area contributed by atoms with Crippen molar-refractivity contribution in [3.05, 3.63) is 44.0 Å². The van der Waals surface area contributed by atoms with Crippen LogP contribution in [-0.2, 0) is 22.1 Å². The fraction of sp³-hybridized carbons (Fsp3) is 0.267. The first-order valence-electron chi connectivity index (χ1n) is 7.05. The van der Waals surface area contributed by atoms with Crippen LogP contribution in [-0.4, -0.2) is 23.8 Å². The number of aromatic nitrogens is 1. The number of esters is 1. The van der Waals surface area contributed by atoms with Gasteiger partial charge in [0.2, 0.25) is 5.13 Å². The third-order valence-corrected chi connectivity index (χ3v) is 4.59. The summed E-state index contributed by atoms with van der Waals surface area (Å²) in [5.41, 5.74) is 2.77. The van der Waals surface area contributed by atoms with Gasteiger partial charge in [0.1, 0.15) is 0 Å². The number of hydrogen-bond donors (Lipinski definition) is 1.